The van der Waals surface area contributed by atoms with E-state index >= 15 is 0 Å². The largest absolute Gasteiger partial charge is 0.437 e. The van der Waals surface area contributed by atoms with Crippen molar-refractivity contribution in [1.82, 2.24) is 0 Å². The highest BCUT2D eigenvalue weighted by molar-refractivity contribution is 6.73. The minimum absolute atomic E-state index is 0.321. The van der Waals surface area contributed by atoms with Crippen LogP contribution in [0, 0.1) is 5.41 Å². The number of hydrazone groups is 1. The van der Waals surface area contributed by atoms with Gasteiger partial charge in [-0.2, -0.15) is 18.3 Å². The molecule has 3 rings (SSSR count). The van der Waals surface area contributed by atoms with Gasteiger partial charge in [-0.15, -0.1) is 0 Å². The van der Waals surface area contributed by atoms with E-state index in [1.54, 1.807) is 54.6 Å². The number of amidine groups is 1. The molecule has 0 saturated heterocycles. The fourth-order valence-corrected chi connectivity index (χ4v) is 2.42. The number of anilines is 2. The van der Waals surface area contributed by atoms with Gasteiger partial charge in [-0.25, -0.2) is 10.0 Å². The first-order valence-electron chi connectivity index (χ1n) is 7.74. The molecule has 0 aromatic heterocycles. The van der Waals surface area contributed by atoms with Gasteiger partial charge in [-0.05, 0) is 36.4 Å². The van der Waals surface area contributed by atoms with Crippen molar-refractivity contribution in [1.29, 1.82) is 5.41 Å². The number of halogens is 3. The quantitative estimate of drug-likeness (QED) is 0.891. The summed E-state index contributed by atoms with van der Waals surface area (Å²) >= 11 is 0. The third-order valence-electron chi connectivity index (χ3n) is 3.74. The fourth-order valence-electron chi connectivity index (χ4n) is 2.42. The van der Waals surface area contributed by atoms with E-state index in [1.165, 1.54) is 0 Å². The van der Waals surface area contributed by atoms with Crippen LogP contribution in [-0.2, 0) is 0 Å². The number of alkyl halides is 3. The topological polar surface area (TPSA) is 55.1 Å². The number of hydrogen-bond acceptors (Lipinski definition) is 4. The number of para-hydroxylation sites is 1. The van der Waals surface area contributed by atoms with Gasteiger partial charge in [0.2, 0.25) is 0 Å². The van der Waals surface area contributed by atoms with E-state index < -0.39 is 23.4 Å². The van der Waals surface area contributed by atoms with Crippen molar-refractivity contribution in [3.05, 3.63) is 54.6 Å². The van der Waals surface area contributed by atoms with Crippen LogP contribution in [0.3, 0.4) is 0 Å². The van der Waals surface area contributed by atoms with Gasteiger partial charge in [0.1, 0.15) is 5.71 Å². The minimum atomic E-state index is -4.71. The van der Waals surface area contributed by atoms with Crippen LogP contribution in [-0.4, -0.2) is 37.5 Å². The molecule has 1 N–H and O–H groups in total. The predicted molar refractivity (Wildman–Crippen MR) is 98.0 cm³/mol. The smallest absolute Gasteiger partial charge is 0.378 e. The van der Waals surface area contributed by atoms with Gasteiger partial charge in [0, 0.05) is 19.8 Å². The number of benzene rings is 2. The fraction of sp³-hybridized carbons (Fsp3) is 0.167. The molecular formula is C18H16F3N5. The van der Waals surface area contributed by atoms with Crippen molar-refractivity contribution >= 4 is 34.3 Å². The van der Waals surface area contributed by atoms with Gasteiger partial charge in [0.05, 0.1) is 11.4 Å². The molecule has 0 aliphatic carbocycles. The zero-order valence-electron chi connectivity index (χ0n) is 14.1. The number of rotatable bonds is 3. The monoisotopic (exact) mass is 359 g/mol. The second-order valence-electron chi connectivity index (χ2n) is 5.81. The normalized spacial score (nSPS) is 16.2. The van der Waals surface area contributed by atoms with Crippen LogP contribution in [0.15, 0.2) is 64.7 Å². The van der Waals surface area contributed by atoms with Crippen LogP contribution in [0.2, 0.25) is 0 Å². The third-order valence-corrected chi connectivity index (χ3v) is 3.74. The van der Waals surface area contributed by atoms with Crippen molar-refractivity contribution in [2.24, 2.45) is 10.1 Å². The van der Waals surface area contributed by atoms with Crippen LogP contribution in [0.1, 0.15) is 0 Å². The van der Waals surface area contributed by atoms with Gasteiger partial charge in [-0.3, -0.25) is 5.41 Å². The summed E-state index contributed by atoms with van der Waals surface area (Å²) in [5, 5.41) is 12.7. The van der Waals surface area contributed by atoms with Crippen LogP contribution in [0.4, 0.5) is 30.2 Å². The minimum Gasteiger partial charge on any atom is -0.378 e. The van der Waals surface area contributed by atoms with Crippen molar-refractivity contribution in [2.45, 2.75) is 6.18 Å². The van der Waals surface area contributed by atoms with Crippen LogP contribution in [0.25, 0.3) is 0 Å². The molecule has 1 aliphatic rings. The molecule has 5 nitrogen and oxygen atoms in total. The lowest BCUT2D eigenvalue weighted by atomic mass is 10.2. The summed E-state index contributed by atoms with van der Waals surface area (Å²) in [5.74, 6) is -0.416. The molecule has 0 atom stereocenters. The van der Waals surface area contributed by atoms with Gasteiger partial charge in [-0.1, -0.05) is 18.2 Å². The Kier molecular flexibility index (Phi) is 4.50. The molecule has 134 valence electrons. The number of nitrogens with zero attached hydrogens (tertiary/aromatic N) is 4. The maximum atomic E-state index is 13.4. The Morgan fingerprint density at radius 2 is 1.62 bits per heavy atom. The lowest BCUT2D eigenvalue weighted by molar-refractivity contribution is -0.0565. The summed E-state index contributed by atoms with van der Waals surface area (Å²) in [4.78, 5) is 5.91. The molecule has 0 saturated carbocycles. The summed E-state index contributed by atoms with van der Waals surface area (Å²) < 4.78 is 40.2. The first-order chi connectivity index (χ1) is 12.3. The molecule has 0 fully saturated rings. The van der Waals surface area contributed by atoms with Gasteiger partial charge >= 0.3 is 6.18 Å². The molecule has 0 amide bonds. The van der Waals surface area contributed by atoms with E-state index in [9.17, 15) is 13.2 Å². The second-order valence-corrected chi connectivity index (χ2v) is 5.81. The average Bonchev–Trinajstić information content (AvgIpc) is 2.93. The standard InChI is InChI=1S/C18H16F3N5/c1-25(2)13-10-8-12(9-11-13)23-15-16(18(19,20)21)24-26(17(15)22)14-6-4-3-5-7-14/h3-11,22H,1-2H3. The molecule has 8 heteroatoms. The van der Waals surface area contributed by atoms with E-state index in [0.717, 1.165) is 10.7 Å². The Balaban J connectivity index is 2.02. The Morgan fingerprint density at radius 3 is 2.15 bits per heavy atom. The van der Waals surface area contributed by atoms with Crippen molar-refractivity contribution in [3.63, 3.8) is 0 Å². The SMILES string of the molecule is CN(C)c1ccc(N=C2C(=N)N(c3ccccc3)N=C2C(F)(F)F)cc1. The summed E-state index contributed by atoms with van der Waals surface area (Å²) in [6, 6.07) is 14.9. The Bertz CT molecular complexity index is 868. The van der Waals surface area contributed by atoms with E-state index in [2.05, 4.69) is 10.1 Å². The van der Waals surface area contributed by atoms with Gasteiger partial charge in [0.25, 0.3) is 0 Å². The van der Waals surface area contributed by atoms with Gasteiger partial charge in [0.15, 0.2) is 11.5 Å². The second kappa shape index (κ2) is 6.62. The molecule has 0 bridgehead atoms. The summed E-state index contributed by atoms with van der Waals surface area (Å²) in [7, 11) is 3.72. The summed E-state index contributed by atoms with van der Waals surface area (Å²) in [6.45, 7) is 0. The van der Waals surface area contributed by atoms with Crippen molar-refractivity contribution in [2.75, 3.05) is 24.0 Å². The molecule has 2 aromatic rings. The first kappa shape index (κ1) is 17.7. The number of hydrogen-bond donors (Lipinski definition) is 1. The van der Waals surface area contributed by atoms with E-state index in [-0.39, 0.29) is 0 Å². The maximum absolute atomic E-state index is 13.4. The van der Waals surface area contributed by atoms with E-state index in [0.29, 0.717) is 11.4 Å². The van der Waals surface area contributed by atoms with Crippen molar-refractivity contribution in [3.8, 4) is 0 Å². The molecule has 2 aromatic carbocycles. The van der Waals surface area contributed by atoms with E-state index in [1.807, 2.05) is 19.0 Å². The van der Waals surface area contributed by atoms with Gasteiger partial charge < -0.3 is 4.90 Å². The van der Waals surface area contributed by atoms with Crippen LogP contribution >= 0.6 is 0 Å². The lowest BCUT2D eigenvalue weighted by Crippen LogP contribution is -2.33. The Morgan fingerprint density at radius 1 is 1.00 bits per heavy atom. The number of nitrogens with one attached hydrogen (secondary N) is 1. The van der Waals surface area contributed by atoms with E-state index in [4.69, 9.17) is 5.41 Å². The number of aliphatic imine (C=N–C) groups is 1. The maximum Gasteiger partial charge on any atom is 0.437 e. The highest BCUT2D eigenvalue weighted by Crippen LogP contribution is 2.29. The molecule has 0 unspecified atom stereocenters. The molecular weight excluding hydrogens is 343 g/mol. The molecule has 1 heterocycles. The molecule has 1 aliphatic heterocycles. The first-order valence-corrected chi connectivity index (χ1v) is 7.74. The lowest BCUT2D eigenvalue weighted by Gasteiger charge is -2.13. The molecule has 26 heavy (non-hydrogen) atoms. The highest BCUT2D eigenvalue weighted by atomic mass is 19.4. The predicted octanol–water partition coefficient (Wildman–Crippen LogP) is 4.24. The summed E-state index contributed by atoms with van der Waals surface area (Å²) in [6.07, 6.45) is -4.71. The van der Waals surface area contributed by atoms with Crippen LogP contribution < -0.4 is 9.91 Å². The highest BCUT2D eigenvalue weighted by Gasteiger charge is 2.46. The Labute approximate surface area is 148 Å². The Hall–Kier alpha value is -3.16. The van der Waals surface area contributed by atoms with Crippen molar-refractivity contribution < 1.29 is 13.2 Å². The average molecular weight is 359 g/mol. The van der Waals surface area contributed by atoms with Crippen LogP contribution in [0.5, 0.6) is 0 Å². The molecule has 0 radical (unpaired) electrons. The molecule has 0 spiro atoms. The summed E-state index contributed by atoms with van der Waals surface area (Å²) in [5.41, 5.74) is -0.0947. The zero-order chi connectivity index (χ0) is 18.9. The third kappa shape index (κ3) is 3.44. The zero-order valence-corrected chi connectivity index (χ0v) is 14.1.